The van der Waals surface area contributed by atoms with Gasteiger partial charge in [-0.05, 0) is 68.5 Å². The summed E-state index contributed by atoms with van der Waals surface area (Å²) in [7, 11) is 0. The molecule has 1 fully saturated rings. The molecule has 28 heavy (non-hydrogen) atoms. The topological polar surface area (TPSA) is 45.2 Å². The van der Waals surface area contributed by atoms with Crippen molar-refractivity contribution in [2.75, 3.05) is 23.3 Å². The van der Waals surface area contributed by atoms with Crippen molar-refractivity contribution in [2.24, 2.45) is 5.92 Å². The number of amides is 1. The molecular formula is C22H24ClN3OS. The van der Waals surface area contributed by atoms with Gasteiger partial charge in [-0.1, -0.05) is 35.1 Å². The minimum absolute atomic E-state index is 0.0213. The molecule has 1 amide bonds. The van der Waals surface area contributed by atoms with Gasteiger partial charge in [0.05, 0.1) is 10.2 Å². The normalized spacial score (nSPS) is 15.2. The number of halogens is 1. The molecule has 0 aliphatic carbocycles. The van der Waals surface area contributed by atoms with Crippen LogP contribution in [0.25, 0.3) is 10.2 Å². The Labute approximate surface area is 174 Å². The maximum atomic E-state index is 12.7. The molecule has 0 unspecified atom stereocenters. The summed E-state index contributed by atoms with van der Waals surface area (Å²) < 4.78 is 1.24. The summed E-state index contributed by atoms with van der Waals surface area (Å²) in [6.45, 7) is 7.87. The number of thiazole rings is 1. The molecule has 4 rings (SSSR count). The second kappa shape index (κ2) is 7.72. The zero-order chi connectivity index (χ0) is 19.8. The second-order valence-electron chi connectivity index (χ2n) is 7.59. The van der Waals surface area contributed by atoms with Crippen LogP contribution in [0.15, 0.2) is 30.3 Å². The standard InChI is InChI=1S/C22H24ClN3OS/c1-13-11-14(2)20-19(12-13)28-22(25-20)26-9-7-16(8-10-26)21(27)24-18-6-4-5-17(23)15(18)3/h4-6,11-12,16H,7-10H2,1-3H3,(H,24,27). The highest BCUT2D eigenvalue weighted by molar-refractivity contribution is 7.22. The summed E-state index contributed by atoms with van der Waals surface area (Å²) in [5.74, 6) is 0.105. The molecule has 0 atom stereocenters. The first-order chi connectivity index (χ1) is 13.4. The van der Waals surface area contributed by atoms with Crippen LogP contribution in [0.4, 0.5) is 10.8 Å². The van der Waals surface area contributed by atoms with Crippen molar-refractivity contribution in [2.45, 2.75) is 33.6 Å². The molecule has 1 saturated heterocycles. The smallest absolute Gasteiger partial charge is 0.227 e. The maximum absolute atomic E-state index is 12.7. The van der Waals surface area contributed by atoms with Crippen molar-refractivity contribution in [1.82, 2.24) is 4.98 Å². The molecule has 1 aromatic heterocycles. The van der Waals surface area contributed by atoms with Crippen molar-refractivity contribution in [1.29, 1.82) is 0 Å². The van der Waals surface area contributed by atoms with Crippen LogP contribution >= 0.6 is 22.9 Å². The molecular weight excluding hydrogens is 390 g/mol. The van der Waals surface area contributed by atoms with E-state index >= 15 is 0 Å². The van der Waals surface area contributed by atoms with E-state index in [1.165, 1.54) is 15.8 Å². The summed E-state index contributed by atoms with van der Waals surface area (Å²) in [4.78, 5) is 19.9. The van der Waals surface area contributed by atoms with Crippen molar-refractivity contribution in [3.63, 3.8) is 0 Å². The van der Waals surface area contributed by atoms with Crippen LogP contribution in [0.2, 0.25) is 5.02 Å². The average molecular weight is 414 g/mol. The number of carbonyl (C=O) groups is 1. The van der Waals surface area contributed by atoms with E-state index in [0.29, 0.717) is 5.02 Å². The quantitative estimate of drug-likeness (QED) is 0.596. The zero-order valence-corrected chi connectivity index (χ0v) is 18.0. The molecule has 2 heterocycles. The van der Waals surface area contributed by atoms with Crippen LogP contribution in [0.3, 0.4) is 0 Å². The SMILES string of the molecule is Cc1cc(C)c2nc(N3CCC(C(=O)Nc4cccc(Cl)c4C)CC3)sc2c1. The number of nitrogens with zero attached hydrogens (tertiary/aromatic N) is 2. The van der Waals surface area contributed by atoms with Crippen LogP contribution in [0, 0.1) is 26.7 Å². The fourth-order valence-electron chi connectivity index (χ4n) is 3.80. The first-order valence-corrected chi connectivity index (χ1v) is 10.8. The number of hydrogen-bond acceptors (Lipinski definition) is 4. The van der Waals surface area contributed by atoms with Crippen molar-refractivity contribution < 1.29 is 4.79 Å². The predicted molar refractivity (Wildman–Crippen MR) is 119 cm³/mol. The Kier molecular flexibility index (Phi) is 5.30. The van der Waals surface area contributed by atoms with Gasteiger partial charge in [-0.2, -0.15) is 0 Å². The maximum Gasteiger partial charge on any atom is 0.227 e. The van der Waals surface area contributed by atoms with Gasteiger partial charge in [-0.3, -0.25) is 4.79 Å². The molecule has 0 radical (unpaired) electrons. The Morgan fingerprint density at radius 3 is 2.71 bits per heavy atom. The third-order valence-corrected chi connectivity index (χ3v) is 6.95. The molecule has 1 aliphatic rings. The van der Waals surface area contributed by atoms with Gasteiger partial charge in [0.25, 0.3) is 0 Å². The fourth-order valence-corrected chi connectivity index (χ4v) is 5.17. The minimum Gasteiger partial charge on any atom is -0.348 e. The van der Waals surface area contributed by atoms with E-state index in [-0.39, 0.29) is 11.8 Å². The molecule has 1 aliphatic heterocycles. The molecule has 0 bridgehead atoms. The Morgan fingerprint density at radius 2 is 1.96 bits per heavy atom. The number of piperidine rings is 1. The summed E-state index contributed by atoms with van der Waals surface area (Å²) >= 11 is 7.91. The molecule has 3 aromatic rings. The second-order valence-corrected chi connectivity index (χ2v) is 9.00. The molecule has 0 spiro atoms. The number of anilines is 2. The minimum atomic E-state index is 0.0213. The third kappa shape index (κ3) is 3.74. The highest BCUT2D eigenvalue weighted by Crippen LogP contribution is 2.34. The number of aromatic nitrogens is 1. The van der Waals surface area contributed by atoms with E-state index in [0.717, 1.165) is 47.8 Å². The number of fused-ring (bicyclic) bond motifs is 1. The van der Waals surface area contributed by atoms with Gasteiger partial charge < -0.3 is 10.2 Å². The Hall–Kier alpha value is -2.11. The average Bonchev–Trinajstić information content (AvgIpc) is 3.10. The molecule has 6 heteroatoms. The number of hydrogen-bond donors (Lipinski definition) is 1. The van der Waals surface area contributed by atoms with Crippen LogP contribution in [0.1, 0.15) is 29.5 Å². The van der Waals surface area contributed by atoms with Gasteiger partial charge in [-0.25, -0.2) is 4.98 Å². The van der Waals surface area contributed by atoms with Crippen LogP contribution in [-0.2, 0) is 4.79 Å². The Bertz CT molecular complexity index is 1040. The van der Waals surface area contributed by atoms with Gasteiger partial charge in [0, 0.05) is 29.7 Å². The molecule has 4 nitrogen and oxygen atoms in total. The fraction of sp³-hybridized carbons (Fsp3) is 0.364. The lowest BCUT2D eigenvalue weighted by Gasteiger charge is -2.31. The van der Waals surface area contributed by atoms with E-state index in [1.807, 2.05) is 25.1 Å². The Balaban J connectivity index is 1.42. The van der Waals surface area contributed by atoms with E-state index in [4.69, 9.17) is 16.6 Å². The Morgan fingerprint density at radius 1 is 1.21 bits per heavy atom. The van der Waals surface area contributed by atoms with Crippen molar-refractivity contribution >= 4 is 49.9 Å². The monoisotopic (exact) mass is 413 g/mol. The highest BCUT2D eigenvalue weighted by atomic mass is 35.5. The lowest BCUT2D eigenvalue weighted by Crippen LogP contribution is -2.38. The van der Waals surface area contributed by atoms with Gasteiger partial charge in [0.2, 0.25) is 5.91 Å². The number of carbonyl (C=O) groups excluding carboxylic acids is 1. The van der Waals surface area contributed by atoms with Gasteiger partial charge in [-0.15, -0.1) is 0 Å². The lowest BCUT2D eigenvalue weighted by molar-refractivity contribution is -0.120. The van der Waals surface area contributed by atoms with Crippen LogP contribution < -0.4 is 10.2 Å². The first-order valence-electron chi connectivity index (χ1n) is 9.61. The number of benzene rings is 2. The van der Waals surface area contributed by atoms with Gasteiger partial charge >= 0.3 is 0 Å². The molecule has 1 N–H and O–H groups in total. The van der Waals surface area contributed by atoms with E-state index in [2.05, 4.69) is 36.2 Å². The third-order valence-electron chi connectivity index (χ3n) is 5.48. The molecule has 2 aromatic carbocycles. The van der Waals surface area contributed by atoms with E-state index in [9.17, 15) is 4.79 Å². The predicted octanol–water partition coefficient (Wildman–Crippen LogP) is 5.73. The number of aryl methyl sites for hydroxylation is 2. The zero-order valence-electron chi connectivity index (χ0n) is 16.4. The first kappa shape index (κ1) is 19.2. The van der Waals surface area contributed by atoms with E-state index in [1.54, 1.807) is 11.3 Å². The largest absolute Gasteiger partial charge is 0.348 e. The molecule has 146 valence electrons. The summed E-state index contributed by atoms with van der Waals surface area (Å²) in [6.07, 6.45) is 1.67. The highest BCUT2D eigenvalue weighted by Gasteiger charge is 2.27. The van der Waals surface area contributed by atoms with Crippen molar-refractivity contribution in [3.8, 4) is 0 Å². The lowest BCUT2D eigenvalue weighted by atomic mass is 9.96. The summed E-state index contributed by atoms with van der Waals surface area (Å²) in [6, 6.07) is 9.99. The number of rotatable bonds is 3. The molecule has 0 saturated carbocycles. The summed E-state index contributed by atoms with van der Waals surface area (Å²) in [5.41, 5.74) is 5.31. The van der Waals surface area contributed by atoms with E-state index < -0.39 is 0 Å². The van der Waals surface area contributed by atoms with Crippen LogP contribution in [0.5, 0.6) is 0 Å². The summed E-state index contributed by atoms with van der Waals surface area (Å²) in [5, 5.41) is 4.79. The van der Waals surface area contributed by atoms with Crippen molar-refractivity contribution in [3.05, 3.63) is 52.0 Å². The van der Waals surface area contributed by atoms with Gasteiger partial charge in [0.15, 0.2) is 5.13 Å². The number of nitrogens with one attached hydrogen (secondary N) is 1. The van der Waals surface area contributed by atoms with Crippen LogP contribution in [-0.4, -0.2) is 24.0 Å². The van der Waals surface area contributed by atoms with Gasteiger partial charge in [0.1, 0.15) is 0 Å².